The zero-order valence-electron chi connectivity index (χ0n) is 14.2. The van der Waals surface area contributed by atoms with Crippen LogP contribution in [0.2, 0.25) is 0 Å². The highest BCUT2D eigenvalue weighted by atomic mass is 32.1. The Hall–Kier alpha value is -1.80. The molecule has 0 saturated carbocycles. The molecule has 0 bridgehead atoms. The van der Waals surface area contributed by atoms with Gasteiger partial charge < -0.3 is 4.90 Å². The Morgan fingerprint density at radius 3 is 2.96 bits per heavy atom. The number of hydrogen-bond donors (Lipinski definition) is 2. The maximum Gasteiger partial charge on any atom is 0.241 e. The molecule has 5 rings (SSSR count). The predicted molar refractivity (Wildman–Crippen MR) is 105 cm³/mol. The molecule has 2 N–H and O–H groups in total. The second-order valence-electron chi connectivity index (χ2n) is 6.85. The highest BCUT2D eigenvalue weighted by Gasteiger charge is 2.39. The van der Waals surface area contributed by atoms with Crippen LogP contribution in [0.5, 0.6) is 0 Å². The quantitative estimate of drug-likeness (QED) is 0.724. The molecule has 7 heteroatoms. The van der Waals surface area contributed by atoms with Crippen LogP contribution in [0.1, 0.15) is 41.2 Å². The first-order valence-corrected chi connectivity index (χ1v) is 10.7. The van der Waals surface area contributed by atoms with Crippen LogP contribution in [0.25, 0.3) is 10.2 Å². The second-order valence-corrected chi connectivity index (χ2v) is 8.90. The molecule has 134 valence electrons. The molecule has 2 saturated heterocycles. The molecule has 26 heavy (non-hydrogen) atoms. The maximum absolute atomic E-state index is 13.2. The number of benzene rings is 1. The second kappa shape index (κ2) is 6.74. The zero-order valence-corrected chi connectivity index (χ0v) is 15.9. The van der Waals surface area contributed by atoms with Gasteiger partial charge in [0.1, 0.15) is 11.0 Å². The molecule has 0 aliphatic carbocycles. The number of aromatic nitrogens is 1. The standard InChI is InChI=1S/C19H20N4OS2/c24-19(14-11-13(21-22-14)16-8-4-10-25-16)23-9-3-6-15(23)18-20-12-5-1-2-7-17(12)26-18/h1-2,4-5,7-8,10,13-15,21-22H,3,6,9,11H2. The Kier molecular flexibility index (Phi) is 4.24. The summed E-state index contributed by atoms with van der Waals surface area (Å²) in [5, 5.41) is 3.15. The number of hydrogen-bond acceptors (Lipinski definition) is 6. The summed E-state index contributed by atoms with van der Waals surface area (Å²) in [5.74, 6) is 0.193. The Labute approximate surface area is 160 Å². The van der Waals surface area contributed by atoms with Gasteiger partial charge in [-0.05, 0) is 42.8 Å². The SMILES string of the molecule is O=C(C1CC(c2cccs2)NN1)N1CCCC1c1nc2ccccc2s1. The van der Waals surface area contributed by atoms with Crippen LogP contribution in [0.4, 0.5) is 0 Å². The lowest BCUT2D eigenvalue weighted by Gasteiger charge is -2.25. The summed E-state index contributed by atoms with van der Waals surface area (Å²) in [6.45, 7) is 0.821. The van der Waals surface area contributed by atoms with Crippen LogP contribution < -0.4 is 10.9 Å². The Morgan fingerprint density at radius 2 is 2.12 bits per heavy atom. The fourth-order valence-electron chi connectivity index (χ4n) is 3.91. The molecule has 1 amide bonds. The van der Waals surface area contributed by atoms with Crippen LogP contribution >= 0.6 is 22.7 Å². The average molecular weight is 385 g/mol. The number of fused-ring (bicyclic) bond motifs is 1. The van der Waals surface area contributed by atoms with Crippen LogP contribution in [0.15, 0.2) is 41.8 Å². The van der Waals surface area contributed by atoms with Gasteiger partial charge in [0.15, 0.2) is 0 Å². The van der Waals surface area contributed by atoms with Crippen molar-refractivity contribution in [1.29, 1.82) is 0 Å². The van der Waals surface area contributed by atoms with E-state index in [-0.39, 0.29) is 24.0 Å². The van der Waals surface area contributed by atoms with Gasteiger partial charge >= 0.3 is 0 Å². The maximum atomic E-state index is 13.2. The number of thiazole rings is 1. The van der Waals surface area contributed by atoms with Gasteiger partial charge in [-0.3, -0.25) is 4.79 Å². The lowest BCUT2D eigenvalue weighted by Crippen LogP contribution is -2.45. The normalized spacial score (nSPS) is 26.0. The van der Waals surface area contributed by atoms with E-state index in [2.05, 4.69) is 34.4 Å². The third-order valence-electron chi connectivity index (χ3n) is 5.22. The molecule has 0 spiro atoms. The highest BCUT2D eigenvalue weighted by molar-refractivity contribution is 7.18. The number of amides is 1. The molecule has 1 aromatic carbocycles. The van der Waals surface area contributed by atoms with Crippen molar-refractivity contribution in [3.05, 3.63) is 51.7 Å². The highest BCUT2D eigenvalue weighted by Crippen LogP contribution is 2.37. The van der Waals surface area contributed by atoms with Gasteiger partial charge in [-0.1, -0.05) is 18.2 Å². The van der Waals surface area contributed by atoms with Gasteiger partial charge in [-0.15, -0.1) is 22.7 Å². The molecule has 5 nitrogen and oxygen atoms in total. The van der Waals surface area contributed by atoms with Gasteiger partial charge in [-0.2, -0.15) is 0 Å². The van der Waals surface area contributed by atoms with Crippen molar-refractivity contribution in [2.75, 3.05) is 6.54 Å². The first-order chi connectivity index (χ1) is 12.8. The first kappa shape index (κ1) is 16.4. The van der Waals surface area contributed by atoms with Gasteiger partial charge in [0.2, 0.25) is 5.91 Å². The fraction of sp³-hybridized carbons (Fsp3) is 0.368. The Balaban J connectivity index is 1.34. The minimum atomic E-state index is -0.169. The van der Waals surface area contributed by atoms with E-state index in [0.717, 1.165) is 36.3 Å². The average Bonchev–Trinajstić information content (AvgIpc) is 3.47. The third kappa shape index (κ3) is 2.85. The number of rotatable bonds is 3. The summed E-state index contributed by atoms with van der Waals surface area (Å²) in [4.78, 5) is 21.3. The summed E-state index contributed by atoms with van der Waals surface area (Å²) >= 11 is 3.45. The van der Waals surface area contributed by atoms with Crippen LogP contribution in [-0.2, 0) is 4.79 Å². The number of para-hydroxylation sites is 1. The van der Waals surface area contributed by atoms with Crippen molar-refractivity contribution in [3.63, 3.8) is 0 Å². The molecule has 3 unspecified atom stereocenters. The number of likely N-dealkylation sites (tertiary alicyclic amines) is 1. The molecule has 0 radical (unpaired) electrons. The van der Waals surface area contributed by atoms with Gasteiger partial charge in [0.25, 0.3) is 0 Å². The lowest BCUT2D eigenvalue weighted by atomic mass is 10.1. The van der Waals surface area contributed by atoms with Gasteiger partial charge in [0.05, 0.1) is 22.3 Å². The van der Waals surface area contributed by atoms with E-state index in [1.165, 1.54) is 9.58 Å². The molecule has 2 aromatic heterocycles. The molecular formula is C19H20N4OS2. The number of thiophene rings is 1. The smallest absolute Gasteiger partial charge is 0.241 e. The first-order valence-electron chi connectivity index (χ1n) is 9.00. The molecule has 3 atom stereocenters. The monoisotopic (exact) mass is 384 g/mol. The van der Waals surface area contributed by atoms with E-state index < -0.39 is 0 Å². The molecule has 2 aliphatic heterocycles. The fourth-order valence-corrected chi connectivity index (χ4v) is 5.82. The van der Waals surface area contributed by atoms with E-state index in [1.54, 1.807) is 22.7 Å². The molecule has 4 heterocycles. The largest absolute Gasteiger partial charge is 0.332 e. The summed E-state index contributed by atoms with van der Waals surface area (Å²) in [6.07, 6.45) is 2.84. The van der Waals surface area contributed by atoms with Gasteiger partial charge in [0, 0.05) is 11.4 Å². The van der Waals surface area contributed by atoms with Crippen LogP contribution in [0, 0.1) is 0 Å². The number of nitrogens with zero attached hydrogens (tertiary/aromatic N) is 2. The van der Waals surface area contributed by atoms with Crippen molar-refractivity contribution in [2.24, 2.45) is 0 Å². The van der Waals surface area contributed by atoms with Crippen LogP contribution in [0.3, 0.4) is 0 Å². The van der Waals surface area contributed by atoms with E-state index in [0.29, 0.717) is 0 Å². The third-order valence-corrected chi connectivity index (χ3v) is 7.34. The topological polar surface area (TPSA) is 57.3 Å². The molecule has 3 aromatic rings. The summed E-state index contributed by atoms with van der Waals surface area (Å²) < 4.78 is 1.19. The summed E-state index contributed by atoms with van der Waals surface area (Å²) in [5.41, 5.74) is 7.54. The number of carbonyl (C=O) groups is 1. The number of nitrogens with one attached hydrogen (secondary N) is 2. The molecule has 2 aliphatic rings. The van der Waals surface area contributed by atoms with Crippen molar-refractivity contribution in [2.45, 2.75) is 37.4 Å². The van der Waals surface area contributed by atoms with Crippen molar-refractivity contribution >= 4 is 38.8 Å². The Bertz CT molecular complexity index is 890. The zero-order chi connectivity index (χ0) is 17.5. The van der Waals surface area contributed by atoms with Crippen molar-refractivity contribution in [1.82, 2.24) is 20.7 Å². The van der Waals surface area contributed by atoms with Crippen molar-refractivity contribution in [3.8, 4) is 0 Å². The van der Waals surface area contributed by atoms with E-state index in [1.807, 2.05) is 23.1 Å². The minimum Gasteiger partial charge on any atom is -0.332 e. The Morgan fingerprint density at radius 1 is 1.19 bits per heavy atom. The number of carbonyl (C=O) groups excluding carboxylic acids is 1. The summed E-state index contributed by atoms with van der Waals surface area (Å²) in [7, 11) is 0. The van der Waals surface area contributed by atoms with E-state index in [9.17, 15) is 4.79 Å². The van der Waals surface area contributed by atoms with E-state index >= 15 is 0 Å². The molecular weight excluding hydrogens is 364 g/mol. The molecule has 2 fully saturated rings. The van der Waals surface area contributed by atoms with Crippen LogP contribution in [-0.4, -0.2) is 28.4 Å². The van der Waals surface area contributed by atoms with E-state index in [4.69, 9.17) is 4.98 Å². The van der Waals surface area contributed by atoms with Gasteiger partial charge in [-0.25, -0.2) is 15.8 Å². The predicted octanol–water partition coefficient (Wildman–Crippen LogP) is 3.63. The summed E-state index contributed by atoms with van der Waals surface area (Å²) in [6, 6.07) is 12.5. The minimum absolute atomic E-state index is 0.113. The number of hydrazine groups is 1. The van der Waals surface area contributed by atoms with Crippen molar-refractivity contribution < 1.29 is 4.79 Å². The lowest BCUT2D eigenvalue weighted by molar-refractivity contribution is -0.134.